The Balaban J connectivity index is 0.909. The second-order valence-electron chi connectivity index (χ2n) is 18.1. The first-order valence-corrected chi connectivity index (χ1v) is 24.1. The summed E-state index contributed by atoms with van der Waals surface area (Å²) in [7, 11) is 0. The van der Waals surface area contributed by atoms with Crippen LogP contribution in [0.4, 0.5) is 17.1 Å². The lowest BCUT2D eigenvalue weighted by molar-refractivity contribution is 1.18. The summed E-state index contributed by atoms with van der Waals surface area (Å²) in [6.07, 6.45) is 0. The summed E-state index contributed by atoms with van der Waals surface area (Å²) in [4.78, 5) is 2.38. The second kappa shape index (κ2) is 17.4. The fraction of sp³-hybridized carbons (Fsp3) is 0. The fourth-order valence-electron chi connectivity index (χ4n) is 10.7. The third-order valence-corrected chi connectivity index (χ3v) is 14.0. The first kappa shape index (κ1) is 41.0. The second-order valence-corrected chi connectivity index (χ2v) is 18.1. The summed E-state index contributed by atoms with van der Waals surface area (Å²) in [6.45, 7) is 0. The number of fused-ring (bicyclic) bond motifs is 5. The number of nitrogens with zero attached hydrogens (tertiary/aromatic N) is 2. The molecular weight excluding hydrogens is 845 g/mol. The zero-order valence-electron chi connectivity index (χ0n) is 38.5. The van der Waals surface area contributed by atoms with E-state index in [0.29, 0.717) is 0 Å². The van der Waals surface area contributed by atoms with Gasteiger partial charge in [0.15, 0.2) is 0 Å². The molecule has 1 heterocycles. The van der Waals surface area contributed by atoms with E-state index < -0.39 is 0 Å². The van der Waals surface area contributed by atoms with Gasteiger partial charge in [-0.15, -0.1) is 0 Å². The largest absolute Gasteiger partial charge is 0.311 e. The molecule has 0 atom stereocenters. The highest BCUT2D eigenvalue weighted by molar-refractivity contribution is 6.21. The van der Waals surface area contributed by atoms with Gasteiger partial charge in [0.05, 0.1) is 11.0 Å². The molecule has 0 spiro atoms. The quantitative estimate of drug-likeness (QED) is 0.131. The van der Waals surface area contributed by atoms with Crippen molar-refractivity contribution in [2.75, 3.05) is 4.90 Å². The summed E-state index contributed by atoms with van der Waals surface area (Å²) in [5.74, 6) is 0. The molecule has 0 aliphatic rings. The lowest BCUT2D eigenvalue weighted by Gasteiger charge is -2.26. The molecule has 0 aliphatic heterocycles. The Bertz CT molecular complexity index is 3950. The van der Waals surface area contributed by atoms with Gasteiger partial charge in [-0.3, -0.25) is 0 Å². The minimum atomic E-state index is 1.08. The van der Waals surface area contributed by atoms with Crippen LogP contribution in [0.1, 0.15) is 0 Å². The average Bonchev–Trinajstić information content (AvgIpc) is 3.77. The molecule has 0 N–H and O–H groups in total. The van der Waals surface area contributed by atoms with Crippen molar-refractivity contribution in [1.29, 1.82) is 0 Å². The molecule has 0 saturated heterocycles. The van der Waals surface area contributed by atoms with Crippen LogP contribution in [0.5, 0.6) is 0 Å². The third-order valence-electron chi connectivity index (χ3n) is 14.0. The van der Waals surface area contributed by atoms with Gasteiger partial charge in [-0.2, -0.15) is 0 Å². The van der Waals surface area contributed by atoms with Gasteiger partial charge >= 0.3 is 0 Å². The average molecular weight is 891 g/mol. The van der Waals surface area contributed by atoms with Gasteiger partial charge in [0.1, 0.15) is 0 Å². The molecule has 328 valence electrons. The van der Waals surface area contributed by atoms with Crippen LogP contribution >= 0.6 is 0 Å². The number of hydrogen-bond acceptors (Lipinski definition) is 1. The Morgan fingerprint density at radius 2 is 0.557 bits per heavy atom. The highest BCUT2D eigenvalue weighted by Crippen LogP contribution is 2.45. The van der Waals surface area contributed by atoms with Crippen molar-refractivity contribution in [1.82, 2.24) is 4.57 Å². The molecule has 0 amide bonds. The number of rotatable bonds is 9. The maximum atomic E-state index is 2.38. The number of aromatic nitrogens is 1. The van der Waals surface area contributed by atoms with Gasteiger partial charge in [-0.1, -0.05) is 206 Å². The highest BCUT2D eigenvalue weighted by atomic mass is 15.1. The molecule has 0 unspecified atom stereocenters. The van der Waals surface area contributed by atoms with Gasteiger partial charge in [0, 0.05) is 33.5 Å². The molecule has 0 bridgehead atoms. The standard InChI is InChI=1S/C68H46N2/c1-4-17-47(18-5-1)52-21-16-22-53(45-52)48-31-38-56(39-32-48)69(57-40-33-49(34-41-57)54-37-44-66-64(46-54)59-25-14-15-30-65(59)70(66)55-23-8-3-9-24-55)58-42-35-51(36-43-58)68-62-28-12-10-26-60(62)67(50-19-6-2-7-20-50)61-27-11-13-29-63(61)68/h1-46H. The van der Waals surface area contributed by atoms with E-state index in [2.05, 4.69) is 289 Å². The predicted molar refractivity (Wildman–Crippen MR) is 298 cm³/mol. The molecule has 2 nitrogen and oxygen atoms in total. The lowest BCUT2D eigenvalue weighted by atomic mass is 9.86. The van der Waals surface area contributed by atoms with Crippen molar-refractivity contribution in [2.24, 2.45) is 0 Å². The number of hydrogen-bond donors (Lipinski definition) is 0. The van der Waals surface area contributed by atoms with E-state index >= 15 is 0 Å². The molecule has 12 aromatic carbocycles. The molecule has 13 aromatic rings. The van der Waals surface area contributed by atoms with E-state index in [1.165, 1.54) is 99.0 Å². The molecule has 0 radical (unpaired) electrons. The molecule has 70 heavy (non-hydrogen) atoms. The first-order chi connectivity index (χ1) is 34.7. The van der Waals surface area contributed by atoms with Gasteiger partial charge < -0.3 is 9.47 Å². The van der Waals surface area contributed by atoms with E-state index in [0.717, 1.165) is 22.7 Å². The van der Waals surface area contributed by atoms with Crippen molar-refractivity contribution in [3.63, 3.8) is 0 Å². The zero-order chi connectivity index (χ0) is 46.4. The third kappa shape index (κ3) is 7.22. The fourth-order valence-corrected chi connectivity index (χ4v) is 10.7. The van der Waals surface area contributed by atoms with Crippen molar-refractivity contribution >= 4 is 60.4 Å². The summed E-state index contributed by atoms with van der Waals surface area (Å²) >= 11 is 0. The van der Waals surface area contributed by atoms with Gasteiger partial charge in [-0.05, 0) is 150 Å². The van der Waals surface area contributed by atoms with E-state index in [1.54, 1.807) is 0 Å². The molecule has 2 heteroatoms. The number of para-hydroxylation sites is 2. The molecule has 0 aliphatic carbocycles. The monoisotopic (exact) mass is 890 g/mol. The highest BCUT2D eigenvalue weighted by Gasteiger charge is 2.19. The number of benzene rings is 12. The minimum Gasteiger partial charge on any atom is -0.311 e. The summed E-state index contributed by atoms with van der Waals surface area (Å²) in [5, 5.41) is 7.49. The Labute approximate surface area is 408 Å². The van der Waals surface area contributed by atoms with Crippen molar-refractivity contribution in [2.45, 2.75) is 0 Å². The SMILES string of the molecule is c1ccc(-c2cccc(-c3ccc(N(c4ccc(-c5ccc6c(c5)c5ccccc5n6-c5ccccc5)cc4)c4ccc(-c5c6ccccc6c(-c6ccccc6)c6ccccc56)cc4)cc3)c2)cc1. The van der Waals surface area contributed by atoms with E-state index in [9.17, 15) is 0 Å². The molecule has 0 fully saturated rings. The lowest BCUT2D eigenvalue weighted by Crippen LogP contribution is -2.09. The van der Waals surface area contributed by atoms with Crippen LogP contribution in [-0.2, 0) is 0 Å². The van der Waals surface area contributed by atoms with Crippen LogP contribution in [0.3, 0.4) is 0 Å². The molecular formula is C68H46N2. The molecule has 0 saturated carbocycles. The molecule has 1 aromatic heterocycles. The van der Waals surface area contributed by atoms with Crippen molar-refractivity contribution in [3.8, 4) is 61.3 Å². The van der Waals surface area contributed by atoms with E-state index in [1.807, 2.05) is 0 Å². The topological polar surface area (TPSA) is 8.17 Å². The van der Waals surface area contributed by atoms with Crippen LogP contribution in [0, 0.1) is 0 Å². The predicted octanol–water partition coefficient (Wildman–Crippen LogP) is 18.9. The van der Waals surface area contributed by atoms with Crippen LogP contribution in [0.2, 0.25) is 0 Å². The van der Waals surface area contributed by atoms with E-state index in [4.69, 9.17) is 0 Å². The van der Waals surface area contributed by atoms with Crippen molar-refractivity contribution < 1.29 is 0 Å². The first-order valence-electron chi connectivity index (χ1n) is 24.1. The Kier molecular flexibility index (Phi) is 10.2. The van der Waals surface area contributed by atoms with Crippen LogP contribution < -0.4 is 4.90 Å². The van der Waals surface area contributed by atoms with Gasteiger partial charge in [0.25, 0.3) is 0 Å². The Morgan fingerprint density at radius 3 is 1.07 bits per heavy atom. The Hall–Kier alpha value is -9.24. The smallest absolute Gasteiger partial charge is 0.0541 e. The number of anilines is 3. The minimum absolute atomic E-state index is 1.08. The van der Waals surface area contributed by atoms with E-state index in [-0.39, 0.29) is 0 Å². The maximum Gasteiger partial charge on any atom is 0.0541 e. The van der Waals surface area contributed by atoms with Crippen LogP contribution in [0.25, 0.3) is 105 Å². The summed E-state index contributed by atoms with van der Waals surface area (Å²) in [5.41, 5.74) is 18.9. The van der Waals surface area contributed by atoms with Crippen LogP contribution in [-0.4, -0.2) is 4.57 Å². The van der Waals surface area contributed by atoms with Crippen LogP contribution in [0.15, 0.2) is 279 Å². The normalized spacial score (nSPS) is 11.4. The summed E-state index contributed by atoms with van der Waals surface area (Å²) < 4.78 is 2.37. The maximum absolute atomic E-state index is 2.38. The zero-order valence-corrected chi connectivity index (χ0v) is 38.5. The van der Waals surface area contributed by atoms with Crippen molar-refractivity contribution in [3.05, 3.63) is 279 Å². The Morgan fingerprint density at radius 1 is 0.214 bits per heavy atom. The summed E-state index contributed by atoms with van der Waals surface area (Å²) in [6, 6.07) is 102. The van der Waals surface area contributed by atoms with Gasteiger partial charge in [-0.25, -0.2) is 0 Å². The van der Waals surface area contributed by atoms with Gasteiger partial charge in [0.2, 0.25) is 0 Å². The molecule has 13 rings (SSSR count).